The Bertz CT molecular complexity index is 987. The van der Waals surface area contributed by atoms with Gasteiger partial charge in [0, 0.05) is 35.7 Å². The molecule has 0 saturated heterocycles. The van der Waals surface area contributed by atoms with Crippen LogP contribution in [0.1, 0.15) is 30.5 Å². The van der Waals surface area contributed by atoms with Crippen LogP contribution < -0.4 is 5.32 Å². The first kappa shape index (κ1) is 17.3. The van der Waals surface area contributed by atoms with Gasteiger partial charge in [0.15, 0.2) is 0 Å². The molecule has 2 aromatic carbocycles. The molecule has 0 fully saturated rings. The van der Waals surface area contributed by atoms with E-state index in [9.17, 15) is 20.0 Å². The summed E-state index contributed by atoms with van der Waals surface area (Å²) in [5, 5.41) is 25.4. The first-order valence-electron chi connectivity index (χ1n) is 8.11. The van der Waals surface area contributed by atoms with E-state index in [1.165, 1.54) is 12.1 Å². The number of nitrogens with one attached hydrogen (secondary N) is 1. The van der Waals surface area contributed by atoms with Crippen LogP contribution in [0.3, 0.4) is 0 Å². The summed E-state index contributed by atoms with van der Waals surface area (Å²) in [7, 11) is 0. The Morgan fingerprint density at radius 3 is 2.81 bits per heavy atom. The molecular weight excluding hydrogens is 334 g/mol. The molecule has 26 heavy (non-hydrogen) atoms. The lowest BCUT2D eigenvalue weighted by atomic mass is 9.95. The zero-order chi connectivity index (χ0) is 18.7. The monoisotopic (exact) mass is 351 g/mol. The Morgan fingerprint density at radius 2 is 2.08 bits per heavy atom. The van der Waals surface area contributed by atoms with Crippen molar-refractivity contribution in [3.8, 4) is 5.75 Å². The van der Waals surface area contributed by atoms with E-state index < -0.39 is 11.0 Å². The number of aromatic hydroxyl groups is 1. The van der Waals surface area contributed by atoms with E-state index in [1.807, 2.05) is 6.07 Å². The number of hydrogen-bond donors (Lipinski definition) is 2. The van der Waals surface area contributed by atoms with Crippen LogP contribution in [0.2, 0.25) is 0 Å². The number of non-ortho nitro benzene ring substituents is 1. The van der Waals surface area contributed by atoms with Crippen LogP contribution in [0.15, 0.2) is 54.7 Å². The Balaban J connectivity index is 2.16. The second-order valence-corrected chi connectivity index (χ2v) is 5.78. The zero-order valence-electron chi connectivity index (χ0n) is 14.0. The Hall–Kier alpha value is -3.48. The lowest BCUT2D eigenvalue weighted by Gasteiger charge is -2.21. The molecule has 3 rings (SSSR count). The van der Waals surface area contributed by atoms with Gasteiger partial charge in [0.1, 0.15) is 11.3 Å². The highest BCUT2D eigenvalue weighted by atomic mass is 16.6. The minimum Gasteiger partial charge on any atom is -0.505 e. The summed E-state index contributed by atoms with van der Waals surface area (Å²) < 4.78 is 0. The van der Waals surface area contributed by atoms with Crippen molar-refractivity contribution >= 4 is 22.5 Å². The highest BCUT2D eigenvalue weighted by Crippen LogP contribution is 2.35. The number of amides is 1. The molecule has 0 radical (unpaired) electrons. The molecule has 0 aliphatic rings. The molecule has 1 aromatic heterocycles. The first-order valence-corrected chi connectivity index (χ1v) is 8.11. The third kappa shape index (κ3) is 3.32. The Labute approximate surface area is 149 Å². The lowest BCUT2D eigenvalue weighted by molar-refractivity contribution is -0.384. The number of phenols is 1. The smallest absolute Gasteiger partial charge is 0.269 e. The van der Waals surface area contributed by atoms with Crippen LogP contribution in [0, 0.1) is 10.1 Å². The molecular formula is C19H17N3O4. The molecule has 132 valence electrons. The van der Waals surface area contributed by atoms with E-state index in [0.29, 0.717) is 16.6 Å². The van der Waals surface area contributed by atoms with Crippen molar-refractivity contribution in [1.29, 1.82) is 0 Å². The zero-order valence-corrected chi connectivity index (χ0v) is 14.0. The fourth-order valence-electron chi connectivity index (χ4n) is 2.80. The SMILES string of the molecule is CCC(=O)N[C@@H](c1cccc([N+](=O)[O-])c1)c1ccc2cccnc2c1O. The van der Waals surface area contributed by atoms with Crippen LogP contribution in [0.25, 0.3) is 10.9 Å². The third-order valence-corrected chi connectivity index (χ3v) is 4.13. The average Bonchev–Trinajstić information content (AvgIpc) is 2.67. The van der Waals surface area contributed by atoms with E-state index in [-0.39, 0.29) is 23.8 Å². The third-order valence-electron chi connectivity index (χ3n) is 4.13. The number of fused-ring (bicyclic) bond motifs is 1. The standard InChI is InChI=1S/C19H17N3O4/c1-2-16(23)21-17(13-5-3-7-14(11-13)22(25)26)15-9-8-12-6-4-10-20-18(12)19(15)24/h3-11,17,24H,2H2,1H3,(H,21,23)/t17-/m0/s1. The maximum atomic E-state index is 12.0. The van der Waals surface area contributed by atoms with Crippen molar-refractivity contribution in [3.63, 3.8) is 0 Å². The second kappa shape index (κ2) is 7.18. The number of phenolic OH excluding ortho intramolecular Hbond substituents is 1. The molecule has 1 heterocycles. The number of benzene rings is 2. The van der Waals surface area contributed by atoms with Gasteiger partial charge in [-0.2, -0.15) is 0 Å². The van der Waals surface area contributed by atoms with E-state index in [4.69, 9.17) is 0 Å². The van der Waals surface area contributed by atoms with Crippen LogP contribution in [-0.2, 0) is 4.79 Å². The largest absolute Gasteiger partial charge is 0.505 e. The van der Waals surface area contributed by atoms with Gasteiger partial charge in [0.2, 0.25) is 5.91 Å². The summed E-state index contributed by atoms with van der Waals surface area (Å²) in [6.07, 6.45) is 1.82. The summed E-state index contributed by atoms with van der Waals surface area (Å²) in [6, 6.07) is 12.3. The molecule has 7 nitrogen and oxygen atoms in total. The first-order chi connectivity index (χ1) is 12.5. The van der Waals surface area contributed by atoms with Gasteiger partial charge in [-0.15, -0.1) is 0 Å². The van der Waals surface area contributed by atoms with Gasteiger partial charge >= 0.3 is 0 Å². The predicted molar refractivity (Wildman–Crippen MR) is 96.8 cm³/mol. The van der Waals surface area contributed by atoms with Crippen molar-refractivity contribution in [2.75, 3.05) is 0 Å². The number of carbonyl (C=O) groups excluding carboxylic acids is 1. The quantitative estimate of drug-likeness (QED) is 0.541. The average molecular weight is 351 g/mol. The van der Waals surface area contributed by atoms with Crippen LogP contribution in [0.5, 0.6) is 5.75 Å². The van der Waals surface area contributed by atoms with Crippen molar-refractivity contribution < 1.29 is 14.8 Å². The van der Waals surface area contributed by atoms with Crippen LogP contribution >= 0.6 is 0 Å². The molecule has 0 spiro atoms. The maximum Gasteiger partial charge on any atom is 0.269 e. The Morgan fingerprint density at radius 1 is 1.27 bits per heavy atom. The van der Waals surface area contributed by atoms with E-state index >= 15 is 0 Å². The molecule has 1 atom stereocenters. The van der Waals surface area contributed by atoms with Gasteiger partial charge in [0.25, 0.3) is 5.69 Å². The van der Waals surface area contributed by atoms with E-state index in [2.05, 4.69) is 10.3 Å². The fraction of sp³-hybridized carbons (Fsp3) is 0.158. The second-order valence-electron chi connectivity index (χ2n) is 5.78. The number of pyridine rings is 1. The summed E-state index contributed by atoms with van der Waals surface area (Å²) in [4.78, 5) is 26.8. The minimum atomic E-state index is -0.728. The molecule has 0 saturated carbocycles. The summed E-state index contributed by atoms with van der Waals surface area (Å²) in [6.45, 7) is 1.71. The fourth-order valence-corrected chi connectivity index (χ4v) is 2.80. The van der Waals surface area contributed by atoms with E-state index in [1.54, 1.807) is 43.5 Å². The van der Waals surface area contributed by atoms with Crippen molar-refractivity contribution in [1.82, 2.24) is 10.3 Å². The molecule has 2 N–H and O–H groups in total. The minimum absolute atomic E-state index is 0.0593. The van der Waals surface area contributed by atoms with Crippen molar-refractivity contribution in [2.24, 2.45) is 0 Å². The summed E-state index contributed by atoms with van der Waals surface area (Å²) in [5.74, 6) is -0.293. The number of nitrogens with zero attached hydrogens (tertiary/aromatic N) is 2. The predicted octanol–water partition coefficient (Wildman–Crippen LogP) is 3.46. The molecule has 0 aliphatic carbocycles. The van der Waals surface area contributed by atoms with Crippen molar-refractivity contribution in [2.45, 2.75) is 19.4 Å². The number of carbonyl (C=O) groups is 1. The van der Waals surface area contributed by atoms with Gasteiger partial charge < -0.3 is 10.4 Å². The summed E-state index contributed by atoms with van der Waals surface area (Å²) >= 11 is 0. The van der Waals surface area contributed by atoms with Crippen molar-refractivity contribution in [3.05, 3.63) is 76.0 Å². The molecule has 0 aliphatic heterocycles. The molecule has 0 unspecified atom stereocenters. The van der Waals surface area contributed by atoms with Crippen LogP contribution in [-0.4, -0.2) is 20.9 Å². The van der Waals surface area contributed by atoms with Gasteiger partial charge in [-0.25, -0.2) is 0 Å². The van der Waals surface area contributed by atoms with E-state index in [0.717, 1.165) is 5.39 Å². The molecule has 3 aromatic rings. The highest BCUT2D eigenvalue weighted by Gasteiger charge is 2.23. The molecule has 0 bridgehead atoms. The topological polar surface area (TPSA) is 105 Å². The normalized spacial score (nSPS) is 11.9. The van der Waals surface area contributed by atoms with Gasteiger partial charge in [-0.3, -0.25) is 19.9 Å². The molecule has 7 heteroatoms. The van der Waals surface area contributed by atoms with Crippen LogP contribution in [0.4, 0.5) is 5.69 Å². The van der Waals surface area contributed by atoms with Gasteiger partial charge in [-0.05, 0) is 11.6 Å². The van der Waals surface area contributed by atoms with Gasteiger partial charge in [-0.1, -0.05) is 37.3 Å². The number of rotatable bonds is 5. The maximum absolute atomic E-state index is 12.0. The number of nitro benzene ring substituents is 1. The van der Waals surface area contributed by atoms with Gasteiger partial charge in [0.05, 0.1) is 11.0 Å². The Kier molecular flexibility index (Phi) is 4.79. The number of aromatic nitrogens is 1. The summed E-state index contributed by atoms with van der Waals surface area (Å²) in [5.41, 5.74) is 1.26. The highest BCUT2D eigenvalue weighted by molar-refractivity contribution is 5.86. The number of nitro groups is 1. The lowest BCUT2D eigenvalue weighted by Crippen LogP contribution is -2.28. The number of hydrogen-bond acceptors (Lipinski definition) is 5. The molecule has 1 amide bonds.